The van der Waals surface area contributed by atoms with Crippen LogP contribution in [0.1, 0.15) is 20.3 Å². The molecule has 0 aliphatic carbocycles. The molecule has 1 heterocycles. The Balaban J connectivity index is 2.72. The highest BCUT2D eigenvalue weighted by molar-refractivity contribution is 7.90. The summed E-state index contributed by atoms with van der Waals surface area (Å²) in [5.74, 6) is 0.00898. The highest BCUT2D eigenvalue weighted by Gasteiger charge is 2.33. The summed E-state index contributed by atoms with van der Waals surface area (Å²) in [6, 6.07) is -0.257. The van der Waals surface area contributed by atoms with Gasteiger partial charge in [-0.05, 0) is 13.3 Å². The highest BCUT2D eigenvalue weighted by Crippen LogP contribution is 2.13. The molecule has 0 bridgehead atoms. The van der Waals surface area contributed by atoms with Crippen LogP contribution in [0.4, 0.5) is 0 Å². The summed E-state index contributed by atoms with van der Waals surface area (Å²) in [5.41, 5.74) is 0. The fourth-order valence-electron chi connectivity index (χ4n) is 1.98. The van der Waals surface area contributed by atoms with Gasteiger partial charge in [0.15, 0.2) is 0 Å². The molecule has 88 valence electrons. The third kappa shape index (κ3) is 3.17. The quantitative estimate of drug-likeness (QED) is 0.718. The Morgan fingerprint density at radius 2 is 2.20 bits per heavy atom. The van der Waals surface area contributed by atoms with Crippen LogP contribution in [0.15, 0.2) is 0 Å². The second-order valence-corrected chi connectivity index (χ2v) is 6.23. The van der Waals surface area contributed by atoms with Gasteiger partial charge in [-0.1, -0.05) is 6.92 Å². The second-order valence-electron chi connectivity index (χ2n) is 4.05. The number of amides is 1. The molecule has 1 rings (SSSR count). The van der Waals surface area contributed by atoms with E-state index in [4.69, 9.17) is 0 Å². The Hall–Kier alpha value is -0.620. The Kier molecular flexibility index (Phi) is 3.72. The zero-order valence-electron chi connectivity index (χ0n) is 9.36. The van der Waals surface area contributed by atoms with Gasteiger partial charge in [-0.2, -0.15) is 0 Å². The van der Waals surface area contributed by atoms with E-state index in [-0.39, 0.29) is 23.9 Å². The summed E-state index contributed by atoms with van der Waals surface area (Å²) in [4.78, 5) is 13.2. The number of nitrogens with zero attached hydrogens (tertiary/aromatic N) is 1. The first-order chi connectivity index (χ1) is 6.85. The molecule has 6 heteroatoms. The average molecular weight is 234 g/mol. The maximum absolute atomic E-state index is 11.5. The number of sulfone groups is 1. The van der Waals surface area contributed by atoms with E-state index in [0.29, 0.717) is 6.54 Å². The summed E-state index contributed by atoms with van der Waals surface area (Å²) in [5, 5.41) is 3.05. The SMILES string of the molecule is CCC1NCC(=O)N1C(C)CS(C)(=O)=O. The van der Waals surface area contributed by atoms with E-state index in [1.165, 1.54) is 6.26 Å². The Labute approximate surface area is 90.7 Å². The van der Waals surface area contributed by atoms with Gasteiger partial charge in [-0.3, -0.25) is 10.1 Å². The molecule has 1 aliphatic rings. The van der Waals surface area contributed by atoms with Crippen molar-refractivity contribution in [2.24, 2.45) is 0 Å². The molecule has 0 radical (unpaired) electrons. The van der Waals surface area contributed by atoms with Crippen molar-refractivity contribution in [2.75, 3.05) is 18.6 Å². The molecule has 5 nitrogen and oxygen atoms in total. The third-order valence-electron chi connectivity index (χ3n) is 2.52. The maximum atomic E-state index is 11.5. The third-order valence-corrected chi connectivity index (χ3v) is 3.61. The normalized spacial score (nSPS) is 24.6. The maximum Gasteiger partial charge on any atom is 0.238 e. The number of carbonyl (C=O) groups is 1. The number of carbonyl (C=O) groups excluding carboxylic acids is 1. The zero-order chi connectivity index (χ0) is 11.6. The van der Waals surface area contributed by atoms with Crippen molar-refractivity contribution in [3.8, 4) is 0 Å². The van der Waals surface area contributed by atoms with Gasteiger partial charge < -0.3 is 4.90 Å². The zero-order valence-corrected chi connectivity index (χ0v) is 10.2. The van der Waals surface area contributed by atoms with Gasteiger partial charge >= 0.3 is 0 Å². The Bertz CT molecular complexity index is 339. The molecular weight excluding hydrogens is 216 g/mol. The van der Waals surface area contributed by atoms with E-state index in [2.05, 4.69) is 5.32 Å². The first-order valence-corrected chi connectivity index (χ1v) is 7.13. The molecule has 1 saturated heterocycles. The Morgan fingerprint density at radius 3 is 2.67 bits per heavy atom. The number of hydrogen-bond donors (Lipinski definition) is 1. The van der Waals surface area contributed by atoms with Crippen molar-refractivity contribution in [3.63, 3.8) is 0 Å². The molecule has 1 aliphatic heterocycles. The molecule has 0 aromatic heterocycles. The molecule has 2 atom stereocenters. The van der Waals surface area contributed by atoms with Crippen LogP contribution in [0.5, 0.6) is 0 Å². The van der Waals surface area contributed by atoms with Crippen LogP contribution in [0.3, 0.4) is 0 Å². The Morgan fingerprint density at radius 1 is 1.60 bits per heavy atom. The largest absolute Gasteiger partial charge is 0.322 e. The molecule has 0 saturated carbocycles. The number of rotatable bonds is 4. The van der Waals surface area contributed by atoms with Crippen molar-refractivity contribution in [1.29, 1.82) is 0 Å². The molecule has 0 aromatic carbocycles. The van der Waals surface area contributed by atoms with Crippen LogP contribution in [-0.4, -0.2) is 50.0 Å². The van der Waals surface area contributed by atoms with Crippen molar-refractivity contribution >= 4 is 15.7 Å². The van der Waals surface area contributed by atoms with Crippen LogP contribution in [0.2, 0.25) is 0 Å². The van der Waals surface area contributed by atoms with E-state index in [9.17, 15) is 13.2 Å². The average Bonchev–Trinajstić information content (AvgIpc) is 2.43. The van der Waals surface area contributed by atoms with Crippen LogP contribution >= 0.6 is 0 Å². The number of hydrogen-bond acceptors (Lipinski definition) is 4. The van der Waals surface area contributed by atoms with Gasteiger partial charge in [0.1, 0.15) is 9.84 Å². The van der Waals surface area contributed by atoms with Gasteiger partial charge in [0, 0.05) is 12.3 Å². The molecule has 15 heavy (non-hydrogen) atoms. The minimum atomic E-state index is -3.04. The number of nitrogens with one attached hydrogen (secondary N) is 1. The highest BCUT2D eigenvalue weighted by atomic mass is 32.2. The lowest BCUT2D eigenvalue weighted by molar-refractivity contribution is -0.129. The molecular formula is C9H18N2O3S. The lowest BCUT2D eigenvalue weighted by Gasteiger charge is -2.29. The first kappa shape index (κ1) is 12.4. The fourth-order valence-corrected chi connectivity index (χ4v) is 3.02. The van der Waals surface area contributed by atoms with Crippen molar-refractivity contribution in [1.82, 2.24) is 10.2 Å². The monoisotopic (exact) mass is 234 g/mol. The summed E-state index contributed by atoms with van der Waals surface area (Å²) >= 11 is 0. The summed E-state index contributed by atoms with van der Waals surface area (Å²) in [7, 11) is -3.04. The van der Waals surface area contributed by atoms with Gasteiger partial charge in [-0.15, -0.1) is 0 Å². The lowest BCUT2D eigenvalue weighted by atomic mass is 10.2. The van der Waals surface area contributed by atoms with Crippen LogP contribution in [0, 0.1) is 0 Å². The van der Waals surface area contributed by atoms with Gasteiger partial charge in [0.05, 0.1) is 18.5 Å². The molecule has 2 unspecified atom stereocenters. The van der Waals surface area contributed by atoms with E-state index < -0.39 is 9.84 Å². The minimum absolute atomic E-state index is 0.0157. The standard InChI is InChI=1S/C9H18N2O3S/c1-4-8-10-5-9(12)11(8)7(2)6-15(3,13)14/h7-8,10H,4-6H2,1-3H3. The van der Waals surface area contributed by atoms with Gasteiger partial charge in [0.25, 0.3) is 0 Å². The van der Waals surface area contributed by atoms with E-state index >= 15 is 0 Å². The molecule has 1 N–H and O–H groups in total. The van der Waals surface area contributed by atoms with Crippen molar-refractivity contribution < 1.29 is 13.2 Å². The minimum Gasteiger partial charge on any atom is -0.322 e. The smallest absolute Gasteiger partial charge is 0.238 e. The second kappa shape index (κ2) is 4.49. The van der Waals surface area contributed by atoms with E-state index in [0.717, 1.165) is 6.42 Å². The predicted molar refractivity (Wildman–Crippen MR) is 58.1 cm³/mol. The van der Waals surface area contributed by atoms with E-state index in [1.807, 2.05) is 6.92 Å². The van der Waals surface area contributed by atoms with Gasteiger partial charge in [-0.25, -0.2) is 8.42 Å². The molecule has 1 amide bonds. The first-order valence-electron chi connectivity index (χ1n) is 5.07. The van der Waals surface area contributed by atoms with Crippen molar-refractivity contribution in [2.45, 2.75) is 32.5 Å². The molecule has 0 aromatic rings. The topological polar surface area (TPSA) is 66.5 Å². The fraction of sp³-hybridized carbons (Fsp3) is 0.889. The summed E-state index contributed by atoms with van der Waals surface area (Å²) < 4.78 is 22.3. The molecule has 1 fully saturated rings. The summed E-state index contributed by atoms with van der Waals surface area (Å²) in [6.45, 7) is 4.05. The molecule has 0 spiro atoms. The van der Waals surface area contributed by atoms with Gasteiger partial charge in [0.2, 0.25) is 5.91 Å². The van der Waals surface area contributed by atoms with Crippen LogP contribution in [0.25, 0.3) is 0 Å². The summed E-state index contributed by atoms with van der Waals surface area (Å²) in [6.07, 6.45) is 1.97. The van der Waals surface area contributed by atoms with Crippen LogP contribution < -0.4 is 5.32 Å². The van der Waals surface area contributed by atoms with Crippen LogP contribution in [-0.2, 0) is 14.6 Å². The lowest BCUT2D eigenvalue weighted by Crippen LogP contribution is -2.45. The predicted octanol–water partition coefficient (Wildman–Crippen LogP) is -0.413. The van der Waals surface area contributed by atoms with Crippen molar-refractivity contribution in [3.05, 3.63) is 0 Å². The van der Waals surface area contributed by atoms with E-state index in [1.54, 1.807) is 11.8 Å².